The highest BCUT2D eigenvalue weighted by molar-refractivity contribution is 4.89. The molecule has 7 nitrogen and oxygen atoms in total. The highest BCUT2D eigenvalue weighted by atomic mass is 16.5. The Labute approximate surface area is 130 Å². The van der Waals surface area contributed by atoms with Crippen LogP contribution in [0.25, 0.3) is 0 Å². The summed E-state index contributed by atoms with van der Waals surface area (Å²) >= 11 is 0. The van der Waals surface area contributed by atoms with Crippen molar-refractivity contribution in [2.45, 2.75) is 44.8 Å². The van der Waals surface area contributed by atoms with Gasteiger partial charge < -0.3 is 9.26 Å². The molecule has 0 aromatic carbocycles. The van der Waals surface area contributed by atoms with Crippen LogP contribution in [0.1, 0.15) is 31.0 Å². The normalized spacial score (nSPS) is 19.6. The quantitative estimate of drug-likeness (QED) is 0.772. The van der Waals surface area contributed by atoms with Gasteiger partial charge in [0.25, 0.3) is 0 Å². The van der Waals surface area contributed by atoms with E-state index in [1.165, 1.54) is 19.3 Å². The maximum atomic E-state index is 5.37. The van der Waals surface area contributed by atoms with Crippen LogP contribution in [-0.4, -0.2) is 51.1 Å². The molecular formula is C15H23N5O2. The van der Waals surface area contributed by atoms with Crippen LogP contribution in [-0.2, 0) is 24.2 Å². The van der Waals surface area contributed by atoms with E-state index in [0.29, 0.717) is 31.5 Å². The van der Waals surface area contributed by atoms with E-state index in [1.807, 2.05) is 23.1 Å². The SMILES string of the molecule is COCCc1noc(CN2CCCC[C@H]2Cn2cccn2)n1. The molecule has 0 bridgehead atoms. The Kier molecular flexibility index (Phi) is 5.18. The summed E-state index contributed by atoms with van der Waals surface area (Å²) in [6.45, 7) is 3.32. The minimum atomic E-state index is 0.475. The molecule has 3 heterocycles. The van der Waals surface area contributed by atoms with Crippen LogP contribution in [0.3, 0.4) is 0 Å². The molecule has 0 radical (unpaired) electrons. The lowest BCUT2D eigenvalue weighted by molar-refractivity contribution is 0.108. The van der Waals surface area contributed by atoms with Gasteiger partial charge in [-0.1, -0.05) is 11.6 Å². The van der Waals surface area contributed by atoms with Crippen molar-refractivity contribution in [1.82, 2.24) is 24.8 Å². The van der Waals surface area contributed by atoms with Crippen molar-refractivity contribution in [2.75, 3.05) is 20.3 Å². The zero-order valence-electron chi connectivity index (χ0n) is 13.0. The smallest absolute Gasteiger partial charge is 0.240 e. The third-order valence-corrected chi connectivity index (χ3v) is 4.08. The Morgan fingerprint density at radius 2 is 2.36 bits per heavy atom. The number of aromatic nitrogens is 4. The maximum absolute atomic E-state index is 5.37. The molecule has 1 saturated heterocycles. The molecule has 22 heavy (non-hydrogen) atoms. The van der Waals surface area contributed by atoms with Crippen LogP contribution in [0.15, 0.2) is 23.0 Å². The highest BCUT2D eigenvalue weighted by Crippen LogP contribution is 2.20. The molecule has 1 fully saturated rings. The van der Waals surface area contributed by atoms with Gasteiger partial charge in [-0.3, -0.25) is 9.58 Å². The first-order chi connectivity index (χ1) is 10.8. The molecule has 1 atom stereocenters. The van der Waals surface area contributed by atoms with E-state index in [0.717, 1.165) is 18.9 Å². The van der Waals surface area contributed by atoms with Gasteiger partial charge in [-0.25, -0.2) is 0 Å². The number of hydrogen-bond acceptors (Lipinski definition) is 6. The Morgan fingerprint density at radius 3 is 3.18 bits per heavy atom. The van der Waals surface area contributed by atoms with E-state index in [-0.39, 0.29) is 0 Å². The lowest BCUT2D eigenvalue weighted by atomic mass is 10.0. The number of likely N-dealkylation sites (tertiary alicyclic amines) is 1. The van der Waals surface area contributed by atoms with E-state index in [4.69, 9.17) is 9.26 Å². The lowest BCUT2D eigenvalue weighted by Gasteiger charge is -2.34. The number of nitrogens with zero attached hydrogens (tertiary/aromatic N) is 5. The van der Waals surface area contributed by atoms with Gasteiger partial charge in [-0.05, 0) is 25.5 Å². The molecule has 1 aliphatic rings. The summed E-state index contributed by atoms with van der Waals surface area (Å²) in [7, 11) is 1.68. The van der Waals surface area contributed by atoms with Gasteiger partial charge in [0.05, 0.1) is 19.7 Å². The van der Waals surface area contributed by atoms with Crippen molar-refractivity contribution in [1.29, 1.82) is 0 Å². The third-order valence-electron chi connectivity index (χ3n) is 4.08. The highest BCUT2D eigenvalue weighted by Gasteiger charge is 2.24. The molecule has 0 aliphatic carbocycles. The Hall–Kier alpha value is -1.73. The second kappa shape index (κ2) is 7.51. The van der Waals surface area contributed by atoms with Gasteiger partial charge >= 0.3 is 0 Å². The topological polar surface area (TPSA) is 69.2 Å². The van der Waals surface area contributed by atoms with Crippen LogP contribution in [0, 0.1) is 0 Å². The first-order valence-corrected chi connectivity index (χ1v) is 7.87. The van der Waals surface area contributed by atoms with Crippen LogP contribution in [0.4, 0.5) is 0 Å². The molecule has 0 unspecified atom stereocenters. The number of piperidine rings is 1. The van der Waals surface area contributed by atoms with E-state index in [1.54, 1.807) is 7.11 Å². The summed E-state index contributed by atoms with van der Waals surface area (Å²) in [5.41, 5.74) is 0. The largest absolute Gasteiger partial charge is 0.384 e. The molecule has 2 aromatic rings. The van der Waals surface area contributed by atoms with Gasteiger partial charge in [-0.2, -0.15) is 10.1 Å². The standard InChI is InChI=1S/C15H23N5O2/c1-21-10-6-14-17-15(22-18-14)12-19-8-3-2-5-13(19)11-20-9-4-7-16-20/h4,7,9,13H,2-3,5-6,8,10-12H2,1H3/t13-/m0/s1. The Bertz CT molecular complexity index is 554. The van der Waals surface area contributed by atoms with E-state index in [2.05, 4.69) is 20.1 Å². The minimum absolute atomic E-state index is 0.475. The second-order valence-electron chi connectivity index (χ2n) is 5.70. The molecule has 1 aliphatic heterocycles. The van der Waals surface area contributed by atoms with Crippen LogP contribution in [0.2, 0.25) is 0 Å². The summed E-state index contributed by atoms with van der Waals surface area (Å²) in [6, 6.07) is 2.44. The van der Waals surface area contributed by atoms with Crippen LogP contribution >= 0.6 is 0 Å². The summed E-state index contributed by atoms with van der Waals surface area (Å²) in [4.78, 5) is 6.88. The first kappa shape index (κ1) is 15.2. The van der Waals surface area contributed by atoms with Gasteiger partial charge in [0, 0.05) is 32.0 Å². The predicted octanol–water partition coefficient (Wildman–Crippen LogP) is 1.51. The van der Waals surface area contributed by atoms with Gasteiger partial charge in [0.2, 0.25) is 5.89 Å². The summed E-state index contributed by atoms with van der Waals surface area (Å²) in [6.07, 6.45) is 8.21. The average Bonchev–Trinajstić information content (AvgIpc) is 3.19. The molecule has 0 spiro atoms. The monoisotopic (exact) mass is 305 g/mol. The Morgan fingerprint density at radius 1 is 1.41 bits per heavy atom. The third kappa shape index (κ3) is 3.92. The van der Waals surface area contributed by atoms with E-state index < -0.39 is 0 Å². The van der Waals surface area contributed by atoms with Crippen molar-refractivity contribution in [3.8, 4) is 0 Å². The zero-order chi connectivity index (χ0) is 15.2. The molecular weight excluding hydrogens is 282 g/mol. The number of ether oxygens (including phenoxy) is 1. The van der Waals surface area contributed by atoms with E-state index in [9.17, 15) is 0 Å². The average molecular weight is 305 g/mol. The van der Waals surface area contributed by atoms with Crippen molar-refractivity contribution < 1.29 is 9.26 Å². The van der Waals surface area contributed by atoms with Crippen LogP contribution in [0.5, 0.6) is 0 Å². The van der Waals surface area contributed by atoms with E-state index >= 15 is 0 Å². The number of hydrogen-bond donors (Lipinski definition) is 0. The first-order valence-electron chi connectivity index (χ1n) is 7.87. The Balaban J connectivity index is 1.59. The van der Waals surface area contributed by atoms with Gasteiger partial charge in [0.15, 0.2) is 5.82 Å². The van der Waals surface area contributed by atoms with Gasteiger partial charge in [-0.15, -0.1) is 0 Å². The predicted molar refractivity (Wildman–Crippen MR) is 80.2 cm³/mol. The molecule has 0 amide bonds. The van der Waals surface area contributed by atoms with Crippen molar-refractivity contribution >= 4 is 0 Å². The summed E-state index contributed by atoms with van der Waals surface area (Å²) < 4.78 is 12.4. The van der Waals surface area contributed by atoms with Crippen molar-refractivity contribution in [3.05, 3.63) is 30.2 Å². The maximum Gasteiger partial charge on any atom is 0.240 e. The summed E-state index contributed by atoms with van der Waals surface area (Å²) in [5.74, 6) is 1.41. The fourth-order valence-electron chi connectivity index (χ4n) is 2.92. The summed E-state index contributed by atoms with van der Waals surface area (Å²) in [5, 5.41) is 8.32. The molecule has 120 valence electrons. The van der Waals surface area contributed by atoms with Gasteiger partial charge in [0.1, 0.15) is 0 Å². The molecule has 7 heteroatoms. The molecule has 0 saturated carbocycles. The molecule has 0 N–H and O–H groups in total. The lowest BCUT2D eigenvalue weighted by Crippen LogP contribution is -2.41. The number of methoxy groups -OCH3 is 1. The van der Waals surface area contributed by atoms with Crippen LogP contribution < -0.4 is 0 Å². The minimum Gasteiger partial charge on any atom is -0.384 e. The van der Waals surface area contributed by atoms with Crippen molar-refractivity contribution in [3.63, 3.8) is 0 Å². The number of rotatable bonds is 7. The van der Waals surface area contributed by atoms with Crippen molar-refractivity contribution in [2.24, 2.45) is 0 Å². The fourth-order valence-corrected chi connectivity index (χ4v) is 2.92. The zero-order valence-corrected chi connectivity index (χ0v) is 13.0. The fraction of sp³-hybridized carbons (Fsp3) is 0.667. The molecule has 3 rings (SSSR count). The second-order valence-corrected chi connectivity index (χ2v) is 5.70. The molecule has 2 aromatic heterocycles.